The lowest BCUT2D eigenvalue weighted by Gasteiger charge is -2.26. The Morgan fingerprint density at radius 3 is 2.77 bits per heavy atom. The van der Waals surface area contributed by atoms with Gasteiger partial charge in [0.05, 0.1) is 11.7 Å². The maximum Gasteiger partial charge on any atom is 0.354 e. The van der Waals surface area contributed by atoms with E-state index in [1.54, 1.807) is 6.07 Å². The molecule has 1 aliphatic heterocycles. The van der Waals surface area contributed by atoms with Crippen LogP contribution in [0.5, 0.6) is 0 Å². The quantitative estimate of drug-likeness (QED) is 0.943. The Morgan fingerprint density at radius 2 is 2.14 bits per heavy atom. The summed E-state index contributed by atoms with van der Waals surface area (Å²) in [5.41, 5.74) is 3.51. The summed E-state index contributed by atoms with van der Waals surface area (Å²) >= 11 is 0. The standard InChI is InChI=1S/C16H20N4O2/c1-10-15(11(2)19(3)18-10)13-7-5-9-20(13)14-8-4-6-12(17-14)16(21)22/h4,6,8,13H,5,7,9H2,1-3H3,(H,21,22). The average molecular weight is 300 g/mol. The molecule has 0 aromatic carbocycles. The molecule has 1 unspecified atom stereocenters. The highest BCUT2D eigenvalue weighted by atomic mass is 16.4. The van der Waals surface area contributed by atoms with Gasteiger partial charge in [0.15, 0.2) is 5.69 Å². The summed E-state index contributed by atoms with van der Waals surface area (Å²) in [6.45, 7) is 4.99. The summed E-state index contributed by atoms with van der Waals surface area (Å²) < 4.78 is 1.91. The fourth-order valence-corrected chi connectivity index (χ4v) is 3.32. The van der Waals surface area contributed by atoms with E-state index in [0.29, 0.717) is 0 Å². The molecule has 2 aromatic rings. The number of hydrogen-bond donors (Lipinski definition) is 1. The number of anilines is 1. The van der Waals surface area contributed by atoms with E-state index in [9.17, 15) is 4.79 Å². The van der Waals surface area contributed by atoms with Gasteiger partial charge in [0, 0.05) is 24.8 Å². The minimum absolute atomic E-state index is 0.0859. The van der Waals surface area contributed by atoms with Gasteiger partial charge in [0.1, 0.15) is 5.82 Å². The van der Waals surface area contributed by atoms with Crippen LogP contribution in [0.2, 0.25) is 0 Å². The third-order valence-electron chi connectivity index (χ3n) is 4.40. The number of aromatic nitrogens is 3. The molecule has 1 aliphatic rings. The number of hydrogen-bond acceptors (Lipinski definition) is 4. The molecule has 1 saturated heterocycles. The number of carboxylic acids is 1. The molecule has 0 bridgehead atoms. The van der Waals surface area contributed by atoms with Gasteiger partial charge >= 0.3 is 5.97 Å². The van der Waals surface area contributed by atoms with Gasteiger partial charge in [-0.25, -0.2) is 9.78 Å². The molecule has 1 atom stereocenters. The van der Waals surface area contributed by atoms with Crippen LogP contribution in [0, 0.1) is 13.8 Å². The van der Waals surface area contributed by atoms with Gasteiger partial charge in [0.25, 0.3) is 0 Å². The van der Waals surface area contributed by atoms with E-state index in [1.807, 2.05) is 24.7 Å². The average Bonchev–Trinajstić information content (AvgIpc) is 3.04. The predicted molar refractivity (Wildman–Crippen MR) is 83.2 cm³/mol. The molecule has 22 heavy (non-hydrogen) atoms. The van der Waals surface area contributed by atoms with Gasteiger partial charge in [-0.1, -0.05) is 6.07 Å². The molecular weight excluding hydrogens is 280 g/mol. The van der Waals surface area contributed by atoms with Gasteiger partial charge in [-0.3, -0.25) is 4.68 Å². The van der Waals surface area contributed by atoms with Gasteiger partial charge in [-0.2, -0.15) is 5.10 Å². The highest BCUT2D eigenvalue weighted by Crippen LogP contribution is 2.37. The molecule has 0 amide bonds. The second-order valence-electron chi connectivity index (χ2n) is 5.75. The Kier molecular flexibility index (Phi) is 3.60. The summed E-state index contributed by atoms with van der Waals surface area (Å²) in [5, 5.41) is 13.6. The molecule has 0 aliphatic carbocycles. The van der Waals surface area contributed by atoms with Crippen LogP contribution < -0.4 is 4.90 Å². The van der Waals surface area contributed by atoms with Gasteiger partial charge in [-0.05, 0) is 38.8 Å². The Hall–Kier alpha value is -2.37. The first kappa shape index (κ1) is 14.6. The van der Waals surface area contributed by atoms with Crippen molar-refractivity contribution in [3.05, 3.63) is 40.8 Å². The van der Waals surface area contributed by atoms with Crippen molar-refractivity contribution >= 4 is 11.8 Å². The molecule has 1 fully saturated rings. The van der Waals surface area contributed by atoms with Crippen LogP contribution >= 0.6 is 0 Å². The Balaban J connectivity index is 2.00. The molecule has 1 N–H and O–H groups in total. The highest BCUT2D eigenvalue weighted by Gasteiger charge is 2.31. The van der Waals surface area contributed by atoms with Crippen LogP contribution in [-0.2, 0) is 7.05 Å². The molecule has 116 valence electrons. The van der Waals surface area contributed by atoms with Gasteiger partial charge in [-0.15, -0.1) is 0 Å². The zero-order chi connectivity index (χ0) is 15.9. The monoisotopic (exact) mass is 300 g/mol. The number of pyridine rings is 1. The molecule has 6 nitrogen and oxygen atoms in total. The number of nitrogens with zero attached hydrogens (tertiary/aromatic N) is 4. The van der Waals surface area contributed by atoms with E-state index < -0.39 is 5.97 Å². The summed E-state index contributed by atoms with van der Waals surface area (Å²) in [5.74, 6) is -0.267. The lowest BCUT2D eigenvalue weighted by Crippen LogP contribution is -2.25. The first-order valence-corrected chi connectivity index (χ1v) is 7.46. The van der Waals surface area contributed by atoms with Crippen LogP contribution in [0.15, 0.2) is 18.2 Å². The zero-order valence-corrected chi connectivity index (χ0v) is 13.1. The van der Waals surface area contributed by atoms with Crippen LogP contribution in [0.25, 0.3) is 0 Å². The number of carbonyl (C=O) groups is 1. The van der Waals surface area contributed by atoms with Gasteiger partial charge in [0.2, 0.25) is 0 Å². The molecule has 0 saturated carbocycles. The number of rotatable bonds is 3. The number of aromatic carboxylic acids is 1. The molecule has 0 spiro atoms. The number of carboxylic acid groups (broad SMARTS) is 1. The minimum atomic E-state index is -0.994. The fraction of sp³-hybridized carbons (Fsp3) is 0.438. The fourth-order valence-electron chi connectivity index (χ4n) is 3.32. The molecular formula is C16H20N4O2. The lowest BCUT2D eigenvalue weighted by atomic mass is 10.0. The topological polar surface area (TPSA) is 71.2 Å². The predicted octanol–water partition coefficient (Wildman–Crippen LogP) is 2.47. The normalized spacial score (nSPS) is 18.0. The molecule has 0 radical (unpaired) electrons. The third-order valence-corrected chi connectivity index (χ3v) is 4.40. The Labute approximate surface area is 129 Å². The summed E-state index contributed by atoms with van der Waals surface area (Å²) in [4.78, 5) is 17.6. The maximum atomic E-state index is 11.1. The first-order valence-electron chi connectivity index (χ1n) is 7.46. The second kappa shape index (κ2) is 5.44. The van der Waals surface area contributed by atoms with Crippen molar-refractivity contribution in [1.82, 2.24) is 14.8 Å². The second-order valence-corrected chi connectivity index (χ2v) is 5.75. The lowest BCUT2D eigenvalue weighted by molar-refractivity contribution is 0.0690. The minimum Gasteiger partial charge on any atom is -0.477 e. The van der Waals surface area contributed by atoms with Crippen molar-refractivity contribution in [1.29, 1.82) is 0 Å². The van der Waals surface area contributed by atoms with Crippen molar-refractivity contribution < 1.29 is 9.90 Å². The number of aryl methyl sites for hydroxylation is 2. The van der Waals surface area contributed by atoms with Crippen molar-refractivity contribution in [2.24, 2.45) is 7.05 Å². The van der Waals surface area contributed by atoms with Crippen molar-refractivity contribution in [3.8, 4) is 0 Å². The smallest absolute Gasteiger partial charge is 0.354 e. The summed E-state index contributed by atoms with van der Waals surface area (Å²) in [7, 11) is 1.95. The highest BCUT2D eigenvalue weighted by molar-refractivity contribution is 5.85. The van der Waals surface area contributed by atoms with Crippen LogP contribution in [0.1, 0.15) is 46.3 Å². The Morgan fingerprint density at radius 1 is 1.36 bits per heavy atom. The zero-order valence-electron chi connectivity index (χ0n) is 13.1. The SMILES string of the molecule is Cc1nn(C)c(C)c1C1CCCN1c1cccc(C(=O)O)n1. The largest absolute Gasteiger partial charge is 0.477 e. The summed E-state index contributed by atoms with van der Waals surface area (Å²) in [6, 6.07) is 5.37. The molecule has 2 aromatic heterocycles. The van der Waals surface area contributed by atoms with Crippen molar-refractivity contribution in [2.45, 2.75) is 32.7 Å². The molecule has 6 heteroatoms. The van der Waals surface area contributed by atoms with Crippen molar-refractivity contribution in [3.63, 3.8) is 0 Å². The molecule has 3 rings (SSSR count). The summed E-state index contributed by atoms with van der Waals surface area (Å²) in [6.07, 6.45) is 2.10. The van der Waals surface area contributed by atoms with E-state index in [4.69, 9.17) is 5.11 Å². The van der Waals surface area contributed by atoms with Crippen molar-refractivity contribution in [2.75, 3.05) is 11.4 Å². The van der Waals surface area contributed by atoms with E-state index >= 15 is 0 Å². The van der Waals surface area contributed by atoms with Crippen LogP contribution in [0.4, 0.5) is 5.82 Å². The van der Waals surface area contributed by atoms with Crippen LogP contribution in [0.3, 0.4) is 0 Å². The first-order chi connectivity index (χ1) is 10.5. The maximum absolute atomic E-state index is 11.1. The molecule has 3 heterocycles. The van der Waals surface area contributed by atoms with E-state index in [0.717, 1.165) is 36.6 Å². The van der Waals surface area contributed by atoms with Gasteiger partial charge < -0.3 is 10.0 Å². The van der Waals surface area contributed by atoms with E-state index in [1.165, 1.54) is 11.6 Å². The van der Waals surface area contributed by atoms with E-state index in [-0.39, 0.29) is 11.7 Å². The third kappa shape index (κ3) is 2.34. The Bertz CT molecular complexity index is 723. The van der Waals surface area contributed by atoms with E-state index in [2.05, 4.69) is 21.9 Å². The van der Waals surface area contributed by atoms with Crippen LogP contribution in [-0.4, -0.2) is 32.4 Å².